The second-order valence-corrected chi connectivity index (χ2v) is 5.33. The molecular weight excluding hydrogens is 216 g/mol. The van der Waals surface area contributed by atoms with Crippen LogP contribution >= 0.6 is 0 Å². The van der Waals surface area contributed by atoms with Crippen LogP contribution in [0.4, 0.5) is 0 Å². The molecule has 84 valence electrons. The molecule has 2 heterocycles. The van der Waals surface area contributed by atoms with Crippen LogP contribution < -0.4 is 5.32 Å². The maximum absolute atomic E-state index is 12.1. The van der Waals surface area contributed by atoms with Gasteiger partial charge in [-0.25, -0.2) is 8.42 Å². The van der Waals surface area contributed by atoms with E-state index in [0.29, 0.717) is 26.2 Å². The number of rotatable bonds is 2. The zero-order valence-electron chi connectivity index (χ0n) is 8.55. The monoisotopic (exact) mass is 230 g/mol. The molecule has 1 aliphatic heterocycles. The fourth-order valence-corrected chi connectivity index (χ4v) is 3.17. The third-order valence-corrected chi connectivity index (χ3v) is 4.43. The van der Waals surface area contributed by atoms with Crippen molar-refractivity contribution in [3.05, 3.63) is 12.3 Å². The van der Waals surface area contributed by atoms with Gasteiger partial charge in [-0.05, 0) is 6.07 Å². The van der Waals surface area contributed by atoms with Gasteiger partial charge in [-0.3, -0.25) is 4.68 Å². The van der Waals surface area contributed by atoms with Crippen molar-refractivity contribution >= 4 is 10.0 Å². The van der Waals surface area contributed by atoms with Crippen molar-refractivity contribution in [2.45, 2.75) is 5.03 Å². The molecule has 0 bridgehead atoms. The van der Waals surface area contributed by atoms with Crippen LogP contribution in [0, 0.1) is 0 Å². The minimum absolute atomic E-state index is 0.254. The smallest absolute Gasteiger partial charge is 0.260 e. The average Bonchev–Trinajstić information content (AvgIpc) is 2.66. The van der Waals surface area contributed by atoms with Crippen molar-refractivity contribution in [3.63, 3.8) is 0 Å². The third kappa shape index (κ3) is 1.90. The second kappa shape index (κ2) is 3.92. The van der Waals surface area contributed by atoms with Crippen LogP contribution in [-0.4, -0.2) is 48.7 Å². The summed E-state index contributed by atoms with van der Waals surface area (Å²) in [5.74, 6) is 0. The van der Waals surface area contributed by atoms with E-state index in [1.54, 1.807) is 7.05 Å². The normalized spacial score (nSPS) is 19.3. The van der Waals surface area contributed by atoms with Gasteiger partial charge in [-0.1, -0.05) is 0 Å². The molecule has 0 radical (unpaired) electrons. The summed E-state index contributed by atoms with van der Waals surface area (Å²) in [6, 6.07) is 1.53. The van der Waals surface area contributed by atoms with Gasteiger partial charge in [-0.15, -0.1) is 0 Å². The Labute approximate surface area is 88.9 Å². The molecule has 0 atom stereocenters. The maximum atomic E-state index is 12.1. The summed E-state index contributed by atoms with van der Waals surface area (Å²) in [5, 5.41) is 7.25. The van der Waals surface area contributed by atoms with Crippen LogP contribution in [0.15, 0.2) is 17.3 Å². The summed E-state index contributed by atoms with van der Waals surface area (Å²) in [6.45, 7) is 2.45. The molecule has 6 nitrogen and oxygen atoms in total. The summed E-state index contributed by atoms with van der Waals surface area (Å²) in [6.07, 6.45) is 1.50. The lowest BCUT2D eigenvalue weighted by molar-refractivity contribution is 0.357. The number of hydrogen-bond donors (Lipinski definition) is 1. The molecule has 1 aromatic rings. The van der Waals surface area contributed by atoms with Crippen molar-refractivity contribution in [3.8, 4) is 0 Å². The lowest BCUT2D eigenvalue weighted by Gasteiger charge is -2.26. The van der Waals surface area contributed by atoms with Crippen LogP contribution in [0.1, 0.15) is 0 Å². The van der Waals surface area contributed by atoms with E-state index in [1.165, 1.54) is 21.3 Å². The van der Waals surface area contributed by atoms with E-state index in [-0.39, 0.29) is 5.03 Å². The Balaban J connectivity index is 2.30. The Morgan fingerprint density at radius 2 is 2.07 bits per heavy atom. The Morgan fingerprint density at radius 3 is 2.60 bits per heavy atom. The highest BCUT2D eigenvalue weighted by molar-refractivity contribution is 7.89. The van der Waals surface area contributed by atoms with Crippen molar-refractivity contribution in [2.75, 3.05) is 26.2 Å². The first kappa shape index (κ1) is 10.6. The van der Waals surface area contributed by atoms with E-state index in [0.717, 1.165) is 0 Å². The Hall–Kier alpha value is -0.920. The van der Waals surface area contributed by atoms with Crippen molar-refractivity contribution < 1.29 is 8.42 Å². The quantitative estimate of drug-likeness (QED) is 0.708. The van der Waals surface area contributed by atoms with Crippen LogP contribution in [-0.2, 0) is 17.1 Å². The van der Waals surface area contributed by atoms with Gasteiger partial charge in [0.05, 0.1) is 6.20 Å². The number of aryl methyl sites for hydroxylation is 1. The van der Waals surface area contributed by atoms with E-state index in [1.807, 2.05) is 0 Å². The molecule has 0 aliphatic carbocycles. The summed E-state index contributed by atoms with van der Waals surface area (Å²) in [7, 11) is -1.72. The van der Waals surface area contributed by atoms with Gasteiger partial charge in [0.2, 0.25) is 0 Å². The summed E-state index contributed by atoms with van der Waals surface area (Å²) in [4.78, 5) is 0. The molecule has 1 saturated heterocycles. The molecule has 1 N–H and O–H groups in total. The molecule has 15 heavy (non-hydrogen) atoms. The predicted molar refractivity (Wildman–Crippen MR) is 54.8 cm³/mol. The number of nitrogens with zero attached hydrogens (tertiary/aromatic N) is 3. The highest BCUT2D eigenvalue weighted by Crippen LogP contribution is 2.14. The summed E-state index contributed by atoms with van der Waals surface area (Å²) in [5.41, 5.74) is 0. The molecule has 7 heteroatoms. The Kier molecular flexibility index (Phi) is 2.76. The van der Waals surface area contributed by atoms with E-state index >= 15 is 0 Å². The first-order chi connectivity index (χ1) is 7.12. The largest absolute Gasteiger partial charge is 0.314 e. The summed E-state index contributed by atoms with van der Waals surface area (Å²) >= 11 is 0. The number of piperazine rings is 1. The highest BCUT2D eigenvalue weighted by atomic mass is 32.2. The van der Waals surface area contributed by atoms with Crippen molar-refractivity contribution in [1.82, 2.24) is 19.4 Å². The first-order valence-corrected chi connectivity index (χ1v) is 6.25. The van der Waals surface area contributed by atoms with Gasteiger partial charge in [0.15, 0.2) is 5.03 Å². The fourth-order valence-electron chi connectivity index (χ4n) is 1.63. The van der Waals surface area contributed by atoms with Crippen LogP contribution in [0.5, 0.6) is 0 Å². The van der Waals surface area contributed by atoms with Gasteiger partial charge < -0.3 is 5.32 Å². The van der Waals surface area contributed by atoms with Gasteiger partial charge in [-0.2, -0.15) is 9.40 Å². The molecule has 0 amide bonds. The molecule has 0 unspecified atom stereocenters. The van der Waals surface area contributed by atoms with Gasteiger partial charge in [0, 0.05) is 33.2 Å². The first-order valence-electron chi connectivity index (χ1n) is 4.81. The van der Waals surface area contributed by atoms with Crippen molar-refractivity contribution in [1.29, 1.82) is 0 Å². The number of aromatic nitrogens is 2. The van der Waals surface area contributed by atoms with Gasteiger partial charge in [0.25, 0.3) is 10.0 Å². The maximum Gasteiger partial charge on any atom is 0.260 e. The van der Waals surface area contributed by atoms with E-state index < -0.39 is 10.0 Å². The van der Waals surface area contributed by atoms with E-state index in [2.05, 4.69) is 10.4 Å². The molecule has 0 spiro atoms. The molecule has 0 saturated carbocycles. The molecule has 1 aliphatic rings. The SMILES string of the molecule is Cn1nccc1S(=O)(=O)N1CCNCC1. The zero-order valence-corrected chi connectivity index (χ0v) is 9.37. The molecular formula is C8H14N4O2S. The molecule has 2 rings (SSSR count). The van der Waals surface area contributed by atoms with E-state index in [4.69, 9.17) is 0 Å². The van der Waals surface area contributed by atoms with Crippen LogP contribution in [0.2, 0.25) is 0 Å². The third-order valence-electron chi connectivity index (χ3n) is 2.46. The number of hydrogen-bond acceptors (Lipinski definition) is 4. The Bertz CT molecular complexity index is 433. The van der Waals surface area contributed by atoms with Crippen LogP contribution in [0.25, 0.3) is 0 Å². The number of sulfonamides is 1. The van der Waals surface area contributed by atoms with Gasteiger partial charge in [0.1, 0.15) is 0 Å². The minimum atomic E-state index is -3.36. The lowest BCUT2D eigenvalue weighted by Crippen LogP contribution is -2.46. The minimum Gasteiger partial charge on any atom is -0.314 e. The predicted octanol–water partition coefficient (Wildman–Crippen LogP) is -0.986. The fraction of sp³-hybridized carbons (Fsp3) is 0.625. The topological polar surface area (TPSA) is 67.2 Å². The van der Waals surface area contributed by atoms with E-state index in [9.17, 15) is 8.42 Å². The van der Waals surface area contributed by atoms with Crippen molar-refractivity contribution in [2.24, 2.45) is 7.05 Å². The van der Waals surface area contributed by atoms with Gasteiger partial charge >= 0.3 is 0 Å². The molecule has 1 fully saturated rings. The average molecular weight is 230 g/mol. The Morgan fingerprint density at radius 1 is 1.40 bits per heavy atom. The lowest BCUT2D eigenvalue weighted by atomic mass is 10.4. The number of nitrogens with one attached hydrogen (secondary N) is 1. The zero-order chi connectivity index (χ0) is 10.9. The standard InChI is InChI=1S/C8H14N4O2S/c1-11-8(2-3-10-11)15(13,14)12-6-4-9-5-7-12/h2-3,9H,4-7H2,1H3. The summed E-state index contributed by atoms with van der Waals surface area (Å²) < 4.78 is 27.1. The molecule has 1 aromatic heterocycles. The highest BCUT2D eigenvalue weighted by Gasteiger charge is 2.27. The van der Waals surface area contributed by atoms with Crippen LogP contribution in [0.3, 0.4) is 0 Å². The second-order valence-electron chi connectivity index (χ2n) is 3.45. The molecule has 0 aromatic carbocycles.